The molecule has 172 valence electrons. The zero-order valence-electron chi connectivity index (χ0n) is 18.5. The lowest BCUT2D eigenvalue weighted by Crippen LogP contribution is -2.37. The molecule has 0 aliphatic carbocycles. The first-order valence-electron chi connectivity index (χ1n) is 10.4. The van der Waals surface area contributed by atoms with Crippen molar-refractivity contribution in [1.82, 2.24) is 23.7 Å². The number of amides is 1. The summed E-state index contributed by atoms with van der Waals surface area (Å²) in [4.78, 5) is 46.7. The predicted molar refractivity (Wildman–Crippen MR) is 129 cm³/mol. The molecule has 0 bridgehead atoms. The molecule has 0 aliphatic heterocycles. The van der Waals surface area contributed by atoms with Gasteiger partial charge in [0.25, 0.3) is 5.56 Å². The maximum Gasteiger partial charge on any atom is 0.332 e. The van der Waals surface area contributed by atoms with Gasteiger partial charge in [-0.05, 0) is 25.0 Å². The number of imidazole rings is 1. The second-order valence-corrected chi connectivity index (χ2v) is 9.25. The Morgan fingerprint density at radius 2 is 1.94 bits per heavy atom. The van der Waals surface area contributed by atoms with Crippen molar-refractivity contribution >= 4 is 45.1 Å². The smallest absolute Gasteiger partial charge is 0.325 e. The number of hydrogen-bond acceptors (Lipinski definition) is 6. The maximum absolute atomic E-state index is 12.5. The van der Waals surface area contributed by atoms with Crippen molar-refractivity contribution in [1.29, 1.82) is 0 Å². The van der Waals surface area contributed by atoms with Crippen LogP contribution in [-0.4, -0.2) is 29.6 Å². The second kappa shape index (κ2) is 9.32. The topological polar surface area (TPSA) is 104 Å². The molecule has 0 atom stereocenters. The molecule has 0 radical (unpaired) electrons. The molecule has 0 fully saturated rings. The summed E-state index contributed by atoms with van der Waals surface area (Å²) >= 11 is 7.70. The Morgan fingerprint density at radius 3 is 2.70 bits per heavy atom. The number of aromatic nitrogens is 5. The van der Waals surface area contributed by atoms with E-state index >= 15 is 0 Å². The molecule has 11 heteroatoms. The number of carbonyl (C=O) groups is 1. The van der Waals surface area contributed by atoms with Crippen LogP contribution >= 0.6 is 22.9 Å². The number of hydrogen-bond donors (Lipinski definition) is 1. The average Bonchev–Trinajstić information content (AvgIpc) is 3.35. The molecule has 3 heterocycles. The second-order valence-electron chi connectivity index (χ2n) is 7.76. The van der Waals surface area contributed by atoms with Crippen molar-refractivity contribution in [3.63, 3.8) is 0 Å². The van der Waals surface area contributed by atoms with Gasteiger partial charge in [0.1, 0.15) is 0 Å². The first-order valence-corrected chi connectivity index (χ1v) is 11.6. The summed E-state index contributed by atoms with van der Waals surface area (Å²) in [5.41, 5.74) is 1.72. The van der Waals surface area contributed by atoms with Crippen molar-refractivity contribution in [2.45, 2.75) is 32.7 Å². The monoisotopic (exact) mass is 486 g/mol. The molecule has 4 aromatic rings. The van der Waals surface area contributed by atoms with Gasteiger partial charge in [0.2, 0.25) is 5.91 Å². The van der Waals surface area contributed by atoms with E-state index in [0.29, 0.717) is 40.7 Å². The summed E-state index contributed by atoms with van der Waals surface area (Å²) in [5, 5.41) is 4.12. The predicted octanol–water partition coefficient (Wildman–Crippen LogP) is 2.86. The van der Waals surface area contributed by atoms with Gasteiger partial charge < -0.3 is 9.88 Å². The van der Waals surface area contributed by atoms with Crippen LogP contribution in [0.5, 0.6) is 0 Å². The third kappa shape index (κ3) is 4.62. The molecule has 1 N–H and O–H groups in total. The number of thiazole rings is 1. The maximum atomic E-state index is 12.5. The summed E-state index contributed by atoms with van der Waals surface area (Å²) < 4.78 is 4.07. The minimum atomic E-state index is -0.426. The van der Waals surface area contributed by atoms with E-state index in [2.05, 4.69) is 15.3 Å². The first kappa shape index (κ1) is 22.9. The lowest BCUT2D eigenvalue weighted by Gasteiger charge is -2.06. The van der Waals surface area contributed by atoms with Crippen molar-refractivity contribution in [3.8, 4) is 0 Å². The molecule has 4 rings (SSSR count). The number of carbonyl (C=O) groups excluding carboxylic acids is 1. The van der Waals surface area contributed by atoms with Crippen LogP contribution in [0.4, 0.5) is 5.13 Å². The summed E-state index contributed by atoms with van der Waals surface area (Å²) in [6.07, 6.45) is 2.93. The van der Waals surface area contributed by atoms with E-state index in [1.807, 2.05) is 31.2 Å². The van der Waals surface area contributed by atoms with Gasteiger partial charge in [0, 0.05) is 43.4 Å². The lowest BCUT2D eigenvalue weighted by molar-refractivity contribution is -0.116. The van der Waals surface area contributed by atoms with Crippen LogP contribution in [0.3, 0.4) is 0 Å². The quantitative estimate of drug-likeness (QED) is 0.432. The Kier molecular flexibility index (Phi) is 6.48. The van der Waals surface area contributed by atoms with Crippen LogP contribution in [0.25, 0.3) is 11.2 Å². The number of aryl methyl sites for hydroxylation is 3. The largest absolute Gasteiger partial charge is 0.332 e. The minimum Gasteiger partial charge on any atom is -0.325 e. The number of benzene rings is 1. The first-order chi connectivity index (χ1) is 15.8. The van der Waals surface area contributed by atoms with Gasteiger partial charge in [-0.25, -0.2) is 14.8 Å². The average molecular weight is 487 g/mol. The van der Waals surface area contributed by atoms with Gasteiger partial charge in [-0.15, -0.1) is 11.3 Å². The van der Waals surface area contributed by atoms with Crippen LogP contribution in [-0.2, 0) is 31.9 Å². The summed E-state index contributed by atoms with van der Waals surface area (Å²) in [6, 6.07) is 7.67. The molecule has 9 nitrogen and oxygen atoms in total. The zero-order valence-corrected chi connectivity index (χ0v) is 20.0. The van der Waals surface area contributed by atoms with Crippen LogP contribution < -0.4 is 16.6 Å². The molecular weight excluding hydrogens is 464 g/mol. The van der Waals surface area contributed by atoms with Gasteiger partial charge in [-0.3, -0.25) is 18.7 Å². The highest BCUT2D eigenvalue weighted by molar-refractivity contribution is 7.15. The standard InChI is InChI=1S/C22H23ClN6O3S/c1-13-16(11-14-7-4-5-8-15(14)23)33-21(25-13)26-17(30)9-6-10-29-12-24-19-18(29)20(31)28(3)22(32)27(19)2/h4-5,7-8,12H,6,9-11H2,1-3H3,(H,25,26,30). The molecule has 0 aliphatic rings. The fourth-order valence-corrected chi connectivity index (χ4v) is 4.82. The summed E-state index contributed by atoms with van der Waals surface area (Å²) in [6.45, 7) is 2.34. The molecule has 0 saturated carbocycles. The Morgan fingerprint density at radius 1 is 1.18 bits per heavy atom. The van der Waals surface area contributed by atoms with Gasteiger partial charge in [0.15, 0.2) is 16.3 Å². The molecule has 3 aromatic heterocycles. The number of nitrogens with one attached hydrogen (secondary N) is 1. The third-order valence-electron chi connectivity index (χ3n) is 5.47. The molecule has 1 amide bonds. The van der Waals surface area contributed by atoms with Gasteiger partial charge in [-0.2, -0.15) is 0 Å². The number of anilines is 1. The number of nitrogens with zero attached hydrogens (tertiary/aromatic N) is 5. The van der Waals surface area contributed by atoms with E-state index < -0.39 is 11.2 Å². The van der Waals surface area contributed by atoms with E-state index in [-0.39, 0.29) is 12.3 Å². The number of halogens is 1. The highest BCUT2D eigenvalue weighted by atomic mass is 35.5. The highest BCUT2D eigenvalue weighted by Gasteiger charge is 2.15. The van der Waals surface area contributed by atoms with E-state index in [1.54, 1.807) is 11.6 Å². The Bertz CT molecular complexity index is 1470. The molecular formula is C22H23ClN6O3S. The zero-order chi connectivity index (χ0) is 23.7. The van der Waals surface area contributed by atoms with Crippen molar-refractivity contribution in [3.05, 3.63) is 72.6 Å². The van der Waals surface area contributed by atoms with Crippen LogP contribution in [0, 0.1) is 6.92 Å². The van der Waals surface area contributed by atoms with E-state index in [9.17, 15) is 14.4 Å². The highest BCUT2D eigenvalue weighted by Crippen LogP contribution is 2.27. The molecule has 1 aromatic carbocycles. The molecule has 0 unspecified atom stereocenters. The van der Waals surface area contributed by atoms with E-state index in [4.69, 9.17) is 11.6 Å². The van der Waals surface area contributed by atoms with Crippen molar-refractivity contribution in [2.75, 3.05) is 5.32 Å². The Balaban J connectivity index is 1.39. The Labute approximate surface area is 198 Å². The molecule has 0 spiro atoms. The SMILES string of the molecule is Cc1nc(NC(=O)CCCn2cnc3c2c(=O)n(C)c(=O)n3C)sc1Cc1ccccc1Cl. The van der Waals surface area contributed by atoms with E-state index in [0.717, 1.165) is 20.7 Å². The van der Waals surface area contributed by atoms with Crippen LogP contribution in [0.1, 0.15) is 29.0 Å². The fourth-order valence-electron chi connectivity index (χ4n) is 3.62. The normalized spacial score (nSPS) is 11.3. The van der Waals surface area contributed by atoms with Gasteiger partial charge >= 0.3 is 5.69 Å². The molecule has 33 heavy (non-hydrogen) atoms. The minimum absolute atomic E-state index is 0.155. The summed E-state index contributed by atoms with van der Waals surface area (Å²) in [5.74, 6) is -0.155. The van der Waals surface area contributed by atoms with Gasteiger partial charge in [0.05, 0.1) is 12.0 Å². The number of rotatable bonds is 7. The van der Waals surface area contributed by atoms with Crippen molar-refractivity contribution in [2.24, 2.45) is 14.1 Å². The van der Waals surface area contributed by atoms with Crippen LogP contribution in [0.2, 0.25) is 5.02 Å². The lowest BCUT2D eigenvalue weighted by atomic mass is 10.1. The fraction of sp³-hybridized carbons (Fsp3) is 0.318. The van der Waals surface area contributed by atoms with E-state index in [1.165, 1.54) is 29.3 Å². The summed E-state index contributed by atoms with van der Waals surface area (Å²) in [7, 11) is 3.01. The molecule has 0 saturated heterocycles. The van der Waals surface area contributed by atoms with Crippen LogP contribution in [0.15, 0.2) is 40.2 Å². The Hall–Kier alpha value is -3.24. The number of fused-ring (bicyclic) bond motifs is 1. The third-order valence-corrected chi connectivity index (χ3v) is 6.91. The van der Waals surface area contributed by atoms with Gasteiger partial charge in [-0.1, -0.05) is 29.8 Å². The van der Waals surface area contributed by atoms with Crippen molar-refractivity contribution < 1.29 is 4.79 Å².